The molecule has 1 aromatic heterocycles. The van der Waals surface area contributed by atoms with E-state index in [1.165, 1.54) is 12.3 Å². The van der Waals surface area contributed by atoms with Gasteiger partial charge in [-0.05, 0) is 12.1 Å². The lowest BCUT2D eigenvalue weighted by molar-refractivity contribution is 0.369. The molecule has 0 aliphatic heterocycles. The van der Waals surface area contributed by atoms with Gasteiger partial charge in [-0.3, -0.25) is 0 Å². The molecule has 5 nitrogen and oxygen atoms in total. The van der Waals surface area contributed by atoms with Gasteiger partial charge in [0.15, 0.2) is 0 Å². The Morgan fingerprint density at radius 1 is 1.05 bits per heavy atom. The SMILES string of the molecule is COc1cc(OC)c(CNc2ccc(F)nc2)c(OC)c1. The summed E-state index contributed by atoms with van der Waals surface area (Å²) in [7, 11) is 4.74. The van der Waals surface area contributed by atoms with E-state index < -0.39 is 5.95 Å². The highest BCUT2D eigenvalue weighted by atomic mass is 19.1. The van der Waals surface area contributed by atoms with E-state index >= 15 is 0 Å². The molecule has 0 amide bonds. The van der Waals surface area contributed by atoms with Gasteiger partial charge in [0.2, 0.25) is 5.95 Å². The van der Waals surface area contributed by atoms with Gasteiger partial charge in [-0.2, -0.15) is 4.39 Å². The van der Waals surface area contributed by atoms with Crippen molar-refractivity contribution in [3.05, 3.63) is 42.0 Å². The number of methoxy groups -OCH3 is 3. The molecule has 6 heteroatoms. The highest BCUT2D eigenvalue weighted by Gasteiger charge is 2.13. The van der Waals surface area contributed by atoms with Gasteiger partial charge in [0.05, 0.1) is 38.8 Å². The summed E-state index contributed by atoms with van der Waals surface area (Å²) in [5.74, 6) is 1.43. The van der Waals surface area contributed by atoms with Gasteiger partial charge >= 0.3 is 0 Å². The summed E-state index contributed by atoms with van der Waals surface area (Å²) >= 11 is 0. The Morgan fingerprint density at radius 3 is 2.19 bits per heavy atom. The molecular formula is C15H17FN2O3. The van der Waals surface area contributed by atoms with Crippen LogP contribution in [0.15, 0.2) is 30.5 Å². The molecule has 0 aliphatic rings. The zero-order chi connectivity index (χ0) is 15.2. The maximum absolute atomic E-state index is 12.8. The number of halogens is 1. The number of hydrogen-bond acceptors (Lipinski definition) is 5. The van der Waals surface area contributed by atoms with Crippen molar-refractivity contribution in [3.8, 4) is 17.2 Å². The molecule has 2 rings (SSSR count). The third-order valence-electron chi connectivity index (χ3n) is 3.01. The van der Waals surface area contributed by atoms with E-state index in [0.717, 1.165) is 5.56 Å². The van der Waals surface area contributed by atoms with Crippen LogP contribution in [0.5, 0.6) is 17.2 Å². The van der Waals surface area contributed by atoms with Crippen LogP contribution in [0.4, 0.5) is 10.1 Å². The van der Waals surface area contributed by atoms with Crippen molar-refractivity contribution in [2.75, 3.05) is 26.6 Å². The van der Waals surface area contributed by atoms with Crippen LogP contribution in [0.25, 0.3) is 0 Å². The van der Waals surface area contributed by atoms with Crippen molar-refractivity contribution in [1.82, 2.24) is 4.98 Å². The van der Waals surface area contributed by atoms with Gasteiger partial charge in [0.1, 0.15) is 17.2 Å². The van der Waals surface area contributed by atoms with Crippen LogP contribution in [0.1, 0.15) is 5.56 Å². The fourth-order valence-electron chi connectivity index (χ4n) is 1.92. The third-order valence-corrected chi connectivity index (χ3v) is 3.01. The zero-order valence-electron chi connectivity index (χ0n) is 12.1. The Labute approximate surface area is 122 Å². The number of aromatic nitrogens is 1. The fourth-order valence-corrected chi connectivity index (χ4v) is 1.92. The lowest BCUT2D eigenvalue weighted by Gasteiger charge is -2.16. The molecule has 1 aromatic carbocycles. The molecule has 1 N–H and O–H groups in total. The number of pyridine rings is 1. The van der Waals surface area contributed by atoms with Crippen LogP contribution in [0.2, 0.25) is 0 Å². The fraction of sp³-hybridized carbons (Fsp3) is 0.267. The van der Waals surface area contributed by atoms with Crippen molar-refractivity contribution >= 4 is 5.69 Å². The second-order valence-corrected chi connectivity index (χ2v) is 4.23. The van der Waals surface area contributed by atoms with Gasteiger partial charge in [-0.15, -0.1) is 0 Å². The van der Waals surface area contributed by atoms with Gasteiger partial charge in [0.25, 0.3) is 0 Å². The third kappa shape index (κ3) is 3.53. The zero-order valence-corrected chi connectivity index (χ0v) is 12.1. The van der Waals surface area contributed by atoms with Crippen molar-refractivity contribution in [3.63, 3.8) is 0 Å². The van der Waals surface area contributed by atoms with E-state index in [0.29, 0.717) is 29.5 Å². The molecule has 112 valence electrons. The molecule has 21 heavy (non-hydrogen) atoms. The van der Waals surface area contributed by atoms with Gasteiger partial charge in [0, 0.05) is 18.7 Å². The quantitative estimate of drug-likeness (QED) is 0.830. The molecule has 0 radical (unpaired) electrons. The first-order chi connectivity index (χ1) is 10.2. The van der Waals surface area contributed by atoms with Crippen molar-refractivity contribution in [2.45, 2.75) is 6.54 Å². The molecule has 0 fully saturated rings. The lowest BCUT2D eigenvalue weighted by atomic mass is 10.1. The van der Waals surface area contributed by atoms with Crippen LogP contribution in [0, 0.1) is 5.95 Å². The summed E-state index contributed by atoms with van der Waals surface area (Å²) in [6.45, 7) is 0.448. The highest BCUT2D eigenvalue weighted by molar-refractivity contribution is 5.53. The molecule has 0 spiro atoms. The summed E-state index contributed by atoms with van der Waals surface area (Å²) in [6, 6.07) is 6.47. The summed E-state index contributed by atoms with van der Waals surface area (Å²) in [5, 5.41) is 3.15. The normalized spacial score (nSPS) is 10.1. The van der Waals surface area contributed by atoms with E-state index in [1.807, 2.05) is 0 Å². The summed E-state index contributed by atoms with van der Waals surface area (Å²) in [5.41, 5.74) is 1.54. The first-order valence-corrected chi connectivity index (χ1v) is 6.32. The van der Waals surface area contributed by atoms with E-state index in [-0.39, 0.29) is 0 Å². The van der Waals surface area contributed by atoms with Crippen LogP contribution in [-0.2, 0) is 6.54 Å². The molecular weight excluding hydrogens is 275 g/mol. The Kier molecular flexibility index (Phi) is 4.81. The maximum Gasteiger partial charge on any atom is 0.212 e. The minimum absolute atomic E-state index is 0.448. The Balaban J connectivity index is 2.23. The lowest BCUT2D eigenvalue weighted by Crippen LogP contribution is -2.05. The van der Waals surface area contributed by atoms with Crippen LogP contribution in [-0.4, -0.2) is 26.3 Å². The number of hydrogen-bond donors (Lipinski definition) is 1. The highest BCUT2D eigenvalue weighted by Crippen LogP contribution is 2.34. The van der Waals surface area contributed by atoms with Gasteiger partial charge in [-0.25, -0.2) is 4.98 Å². The topological polar surface area (TPSA) is 52.6 Å². The van der Waals surface area contributed by atoms with Crippen LogP contribution in [0.3, 0.4) is 0 Å². The number of ether oxygens (including phenoxy) is 3. The largest absolute Gasteiger partial charge is 0.496 e. The minimum atomic E-state index is -0.514. The summed E-state index contributed by atoms with van der Waals surface area (Å²) < 4.78 is 28.7. The van der Waals surface area contributed by atoms with Crippen LogP contribution >= 0.6 is 0 Å². The summed E-state index contributed by atoms with van der Waals surface area (Å²) in [6.07, 6.45) is 1.43. The number of nitrogens with zero attached hydrogens (tertiary/aromatic N) is 1. The van der Waals surface area contributed by atoms with Gasteiger partial charge in [-0.1, -0.05) is 0 Å². The monoisotopic (exact) mass is 292 g/mol. The van der Waals surface area contributed by atoms with E-state index in [1.54, 1.807) is 39.5 Å². The average Bonchev–Trinajstić information content (AvgIpc) is 2.53. The predicted octanol–water partition coefficient (Wildman–Crippen LogP) is 2.86. The molecule has 0 saturated heterocycles. The molecule has 0 atom stereocenters. The Bertz CT molecular complexity index is 577. The molecule has 1 heterocycles. The molecule has 0 saturated carbocycles. The Hall–Kier alpha value is -2.50. The number of nitrogens with one attached hydrogen (secondary N) is 1. The number of benzene rings is 1. The van der Waals surface area contributed by atoms with Crippen molar-refractivity contribution < 1.29 is 18.6 Å². The number of anilines is 1. The Morgan fingerprint density at radius 2 is 1.71 bits per heavy atom. The first kappa shape index (κ1) is 14.9. The molecule has 0 bridgehead atoms. The standard InChI is InChI=1S/C15H17FN2O3/c1-19-11-6-13(20-2)12(14(7-11)21-3)9-17-10-4-5-15(16)18-8-10/h4-8,17H,9H2,1-3H3. The van der Waals surface area contributed by atoms with Crippen molar-refractivity contribution in [2.24, 2.45) is 0 Å². The predicted molar refractivity (Wildman–Crippen MR) is 77.6 cm³/mol. The smallest absolute Gasteiger partial charge is 0.212 e. The van der Waals surface area contributed by atoms with E-state index in [9.17, 15) is 4.39 Å². The van der Waals surface area contributed by atoms with E-state index in [4.69, 9.17) is 14.2 Å². The van der Waals surface area contributed by atoms with Crippen molar-refractivity contribution in [1.29, 1.82) is 0 Å². The van der Waals surface area contributed by atoms with Crippen LogP contribution < -0.4 is 19.5 Å². The molecule has 0 unspecified atom stereocenters. The maximum atomic E-state index is 12.8. The molecule has 0 aliphatic carbocycles. The first-order valence-electron chi connectivity index (χ1n) is 6.32. The van der Waals surface area contributed by atoms with Gasteiger partial charge < -0.3 is 19.5 Å². The second kappa shape index (κ2) is 6.78. The summed E-state index contributed by atoms with van der Waals surface area (Å²) in [4.78, 5) is 3.59. The molecule has 2 aromatic rings. The number of rotatable bonds is 6. The second-order valence-electron chi connectivity index (χ2n) is 4.23. The van der Waals surface area contributed by atoms with E-state index in [2.05, 4.69) is 10.3 Å². The minimum Gasteiger partial charge on any atom is -0.496 e. The average molecular weight is 292 g/mol.